The van der Waals surface area contributed by atoms with Gasteiger partial charge < -0.3 is 0 Å². The SMILES string of the molecule is Clc1ccc([C@@H]2CCCCC[C@@H]2n2cncn2)cc1. The van der Waals surface area contributed by atoms with Gasteiger partial charge in [-0.15, -0.1) is 0 Å². The van der Waals surface area contributed by atoms with E-state index in [9.17, 15) is 0 Å². The van der Waals surface area contributed by atoms with Crippen LogP contribution in [0.1, 0.15) is 49.6 Å². The molecule has 100 valence electrons. The summed E-state index contributed by atoms with van der Waals surface area (Å²) in [6.07, 6.45) is 9.74. The van der Waals surface area contributed by atoms with Crippen LogP contribution in [0, 0.1) is 0 Å². The van der Waals surface area contributed by atoms with Crippen molar-refractivity contribution in [3.8, 4) is 0 Å². The van der Waals surface area contributed by atoms with Crippen molar-refractivity contribution in [2.24, 2.45) is 0 Å². The van der Waals surface area contributed by atoms with Crippen LogP contribution in [0.3, 0.4) is 0 Å². The average molecular weight is 276 g/mol. The van der Waals surface area contributed by atoms with Crippen molar-refractivity contribution >= 4 is 11.6 Å². The highest BCUT2D eigenvalue weighted by atomic mass is 35.5. The third-order valence-corrected chi connectivity index (χ3v) is 4.31. The molecule has 1 aromatic carbocycles. The van der Waals surface area contributed by atoms with E-state index < -0.39 is 0 Å². The average Bonchev–Trinajstić information content (AvgIpc) is 2.85. The Labute approximate surface area is 118 Å². The number of benzene rings is 1. The lowest BCUT2D eigenvalue weighted by Crippen LogP contribution is -2.17. The number of hydrogen-bond acceptors (Lipinski definition) is 2. The van der Waals surface area contributed by atoms with Crippen molar-refractivity contribution < 1.29 is 0 Å². The van der Waals surface area contributed by atoms with Crippen molar-refractivity contribution in [1.29, 1.82) is 0 Å². The molecule has 0 unspecified atom stereocenters. The van der Waals surface area contributed by atoms with Crippen molar-refractivity contribution in [2.45, 2.75) is 44.1 Å². The first-order valence-corrected chi connectivity index (χ1v) is 7.32. The second-order valence-electron chi connectivity index (χ2n) is 5.24. The van der Waals surface area contributed by atoms with E-state index in [0.29, 0.717) is 12.0 Å². The Bertz CT molecular complexity index is 507. The van der Waals surface area contributed by atoms with Gasteiger partial charge in [0.1, 0.15) is 12.7 Å². The lowest BCUT2D eigenvalue weighted by Gasteiger charge is -2.25. The van der Waals surface area contributed by atoms with E-state index in [-0.39, 0.29) is 0 Å². The Morgan fingerprint density at radius 1 is 1.05 bits per heavy atom. The second-order valence-corrected chi connectivity index (χ2v) is 5.68. The Balaban J connectivity index is 1.92. The molecule has 0 N–H and O–H groups in total. The fourth-order valence-electron chi connectivity index (χ4n) is 3.09. The zero-order chi connectivity index (χ0) is 13.1. The van der Waals surface area contributed by atoms with Crippen LogP contribution in [0.4, 0.5) is 0 Å². The molecule has 3 nitrogen and oxygen atoms in total. The van der Waals surface area contributed by atoms with Gasteiger partial charge in [-0.2, -0.15) is 5.10 Å². The minimum absolute atomic E-state index is 0.422. The number of halogens is 1. The molecule has 2 aromatic rings. The van der Waals surface area contributed by atoms with Gasteiger partial charge >= 0.3 is 0 Å². The first-order valence-electron chi connectivity index (χ1n) is 6.94. The molecule has 19 heavy (non-hydrogen) atoms. The number of aromatic nitrogens is 3. The Hall–Kier alpha value is -1.35. The van der Waals surface area contributed by atoms with Gasteiger partial charge in [-0.05, 0) is 30.5 Å². The summed E-state index contributed by atoms with van der Waals surface area (Å²) in [5.74, 6) is 0.515. The van der Waals surface area contributed by atoms with E-state index in [2.05, 4.69) is 22.2 Å². The summed E-state index contributed by atoms with van der Waals surface area (Å²) in [4.78, 5) is 4.10. The first-order chi connectivity index (χ1) is 9.34. The highest BCUT2D eigenvalue weighted by molar-refractivity contribution is 6.30. The lowest BCUT2D eigenvalue weighted by atomic mass is 9.88. The molecule has 1 heterocycles. The molecule has 1 aromatic heterocycles. The van der Waals surface area contributed by atoms with Crippen LogP contribution >= 0.6 is 11.6 Å². The van der Waals surface area contributed by atoms with Gasteiger partial charge in [-0.1, -0.05) is 43.0 Å². The summed E-state index contributed by atoms with van der Waals surface area (Å²) in [6.45, 7) is 0. The van der Waals surface area contributed by atoms with Crippen LogP contribution in [-0.4, -0.2) is 14.8 Å². The summed E-state index contributed by atoms with van der Waals surface area (Å²) in [5, 5.41) is 5.15. The van der Waals surface area contributed by atoms with Crippen LogP contribution in [0.15, 0.2) is 36.9 Å². The molecule has 0 amide bonds. The van der Waals surface area contributed by atoms with E-state index in [1.165, 1.54) is 37.7 Å². The minimum atomic E-state index is 0.422. The van der Waals surface area contributed by atoms with Crippen LogP contribution in [0.5, 0.6) is 0 Å². The summed E-state index contributed by atoms with van der Waals surface area (Å²) >= 11 is 5.99. The number of nitrogens with zero attached hydrogens (tertiary/aromatic N) is 3. The van der Waals surface area contributed by atoms with Crippen molar-refractivity contribution in [3.05, 3.63) is 47.5 Å². The van der Waals surface area contributed by atoms with Gasteiger partial charge in [-0.3, -0.25) is 0 Å². The Morgan fingerprint density at radius 2 is 1.84 bits per heavy atom. The third kappa shape index (κ3) is 2.81. The maximum atomic E-state index is 5.99. The smallest absolute Gasteiger partial charge is 0.137 e. The van der Waals surface area contributed by atoms with Crippen LogP contribution in [0.25, 0.3) is 0 Å². The van der Waals surface area contributed by atoms with Gasteiger partial charge in [-0.25, -0.2) is 9.67 Å². The molecule has 0 radical (unpaired) electrons. The van der Waals surface area contributed by atoms with E-state index >= 15 is 0 Å². The fraction of sp³-hybridized carbons (Fsp3) is 0.467. The normalized spacial score (nSPS) is 24.1. The third-order valence-electron chi connectivity index (χ3n) is 4.05. The van der Waals surface area contributed by atoms with Crippen molar-refractivity contribution in [1.82, 2.24) is 14.8 Å². The fourth-order valence-corrected chi connectivity index (χ4v) is 3.22. The van der Waals surface area contributed by atoms with Crippen LogP contribution in [-0.2, 0) is 0 Å². The Morgan fingerprint density at radius 3 is 2.58 bits per heavy atom. The summed E-state index contributed by atoms with van der Waals surface area (Å²) < 4.78 is 2.03. The van der Waals surface area contributed by atoms with Crippen LogP contribution in [0.2, 0.25) is 5.02 Å². The molecular formula is C15H18ClN3. The highest BCUT2D eigenvalue weighted by Gasteiger charge is 2.27. The number of rotatable bonds is 2. The summed E-state index contributed by atoms with van der Waals surface area (Å²) in [6, 6.07) is 8.70. The van der Waals surface area contributed by atoms with Gasteiger partial charge in [0, 0.05) is 10.9 Å². The molecule has 0 spiro atoms. The Kier molecular flexibility index (Phi) is 3.83. The van der Waals surface area contributed by atoms with Gasteiger partial charge in [0.2, 0.25) is 0 Å². The zero-order valence-electron chi connectivity index (χ0n) is 10.9. The topological polar surface area (TPSA) is 30.7 Å². The van der Waals surface area contributed by atoms with Gasteiger partial charge in [0.25, 0.3) is 0 Å². The molecular weight excluding hydrogens is 258 g/mol. The molecule has 4 heteroatoms. The maximum Gasteiger partial charge on any atom is 0.137 e. The summed E-state index contributed by atoms with van der Waals surface area (Å²) in [7, 11) is 0. The van der Waals surface area contributed by atoms with Gasteiger partial charge in [0.05, 0.1) is 6.04 Å². The van der Waals surface area contributed by atoms with Crippen molar-refractivity contribution in [2.75, 3.05) is 0 Å². The lowest BCUT2D eigenvalue weighted by molar-refractivity contribution is 0.357. The highest BCUT2D eigenvalue weighted by Crippen LogP contribution is 2.39. The minimum Gasteiger partial charge on any atom is -0.249 e. The molecule has 2 atom stereocenters. The molecule has 0 bridgehead atoms. The number of hydrogen-bond donors (Lipinski definition) is 0. The monoisotopic (exact) mass is 275 g/mol. The predicted octanol–water partition coefficient (Wildman–Crippen LogP) is 4.22. The van der Waals surface area contributed by atoms with E-state index in [1.54, 1.807) is 6.33 Å². The largest absolute Gasteiger partial charge is 0.249 e. The molecule has 1 aliphatic carbocycles. The maximum absolute atomic E-state index is 5.99. The van der Waals surface area contributed by atoms with E-state index in [1.807, 2.05) is 23.1 Å². The first kappa shape index (κ1) is 12.7. The summed E-state index contributed by atoms with van der Waals surface area (Å²) in [5.41, 5.74) is 1.37. The quantitative estimate of drug-likeness (QED) is 0.768. The second kappa shape index (κ2) is 5.74. The van der Waals surface area contributed by atoms with Gasteiger partial charge in [0.15, 0.2) is 0 Å². The standard InChI is InChI=1S/C15H18ClN3/c16-13-8-6-12(7-9-13)14-4-2-1-3-5-15(14)19-11-17-10-18-19/h6-11,14-15H,1-5H2/t14-,15-/m0/s1. The van der Waals surface area contributed by atoms with Crippen LogP contribution < -0.4 is 0 Å². The molecule has 0 saturated heterocycles. The zero-order valence-corrected chi connectivity index (χ0v) is 11.6. The molecule has 1 aliphatic rings. The predicted molar refractivity (Wildman–Crippen MR) is 76.3 cm³/mol. The van der Waals surface area contributed by atoms with Crippen molar-refractivity contribution in [3.63, 3.8) is 0 Å². The van der Waals surface area contributed by atoms with E-state index in [0.717, 1.165) is 5.02 Å². The molecule has 0 aliphatic heterocycles. The molecule has 3 rings (SSSR count). The molecule has 1 saturated carbocycles. The van der Waals surface area contributed by atoms with E-state index in [4.69, 9.17) is 11.6 Å². The molecule has 1 fully saturated rings.